The highest BCUT2D eigenvalue weighted by atomic mass is 35.5. The smallest absolute Gasteiger partial charge is 0.231 e. The molecule has 0 radical (unpaired) electrons. The fourth-order valence-corrected chi connectivity index (χ4v) is 3.70. The van der Waals surface area contributed by atoms with Gasteiger partial charge in [-0.3, -0.25) is 4.79 Å². The van der Waals surface area contributed by atoms with E-state index in [0.717, 1.165) is 36.9 Å². The van der Waals surface area contributed by atoms with Gasteiger partial charge in [-0.05, 0) is 36.4 Å². The molecule has 0 bridgehead atoms. The summed E-state index contributed by atoms with van der Waals surface area (Å²) in [6, 6.07) is 13.1. The molecule has 31 heavy (non-hydrogen) atoms. The second-order valence-electron chi connectivity index (χ2n) is 7.06. The molecule has 1 fully saturated rings. The number of hydrogen-bond donors (Lipinski definition) is 2. The molecule has 4 rings (SSSR count). The van der Waals surface area contributed by atoms with Crippen molar-refractivity contribution in [2.45, 2.75) is 6.92 Å². The maximum absolute atomic E-state index is 11.3. The highest BCUT2D eigenvalue weighted by Crippen LogP contribution is 2.27. The topological polar surface area (TPSA) is 86.3 Å². The van der Waals surface area contributed by atoms with Gasteiger partial charge in [0.2, 0.25) is 17.8 Å². The third kappa shape index (κ3) is 5.34. The van der Waals surface area contributed by atoms with Gasteiger partial charge in [0.1, 0.15) is 6.33 Å². The number of carbonyl (C=O) groups excluding carboxylic acids is 1. The van der Waals surface area contributed by atoms with Crippen LogP contribution in [-0.2, 0) is 4.79 Å². The Balaban J connectivity index is 1.43. The summed E-state index contributed by atoms with van der Waals surface area (Å²) in [7, 11) is 0. The van der Waals surface area contributed by atoms with Gasteiger partial charge in [-0.25, -0.2) is 9.97 Å². The molecule has 8 nitrogen and oxygen atoms in total. The van der Waals surface area contributed by atoms with Crippen molar-refractivity contribution >= 4 is 58.1 Å². The third-order valence-corrected chi connectivity index (χ3v) is 5.39. The number of piperazine rings is 1. The van der Waals surface area contributed by atoms with E-state index in [1.165, 1.54) is 13.3 Å². The number of nitrogens with one attached hydrogen (secondary N) is 2. The lowest BCUT2D eigenvalue weighted by molar-refractivity contribution is -0.114. The quantitative estimate of drug-likeness (QED) is 0.593. The van der Waals surface area contributed by atoms with Gasteiger partial charge in [0.15, 0.2) is 0 Å². The van der Waals surface area contributed by atoms with Crippen LogP contribution in [0.25, 0.3) is 0 Å². The van der Waals surface area contributed by atoms with Crippen molar-refractivity contribution in [2.24, 2.45) is 0 Å². The monoisotopic (exact) mass is 457 g/mol. The van der Waals surface area contributed by atoms with E-state index >= 15 is 0 Å². The maximum Gasteiger partial charge on any atom is 0.231 e. The molecule has 10 heteroatoms. The number of rotatable bonds is 5. The fraction of sp³-hybridized carbons (Fsp3) is 0.238. The molecule has 3 aromatic rings. The van der Waals surface area contributed by atoms with Gasteiger partial charge in [0, 0.05) is 49.5 Å². The zero-order valence-electron chi connectivity index (χ0n) is 16.8. The molecule has 0 spiro atoms. The molecule has 2 N–H and O–H groups in total. The molecule has 0 saturated carbocycles. The van der Waals surface area contributed by atoms with Crippen LogP contribution in [0.1, 0.15) is 6.92 Å². The lowest BCUT2D eigenvalue weighted by atomic mass is 10.2. The predicted molar refractivity (Wildman–Crippen MR) is 125 cm³/mol. The maximum atomic E-state index is 11.3. The van der Waals surface area contributed by atoms with Gasteiger partial charge < -0.3 is 20.4 Å². The van der Waals surface area contributed by atoms with E-state index in [2.05, 4.69) is 41.5 Å². The lowest BCUT2D eigenvalue weighted by Gasteiger charge is -2.36. The molecule has 0 unspecified atom stereocenters. The molecule has 1 amide bonds. The zero-order valence-corrected chi connectivity index (χ0v) is 18.4. The number of hydrogen-bond acceptors (Lipinski definition) is 7. The summed E-state index contributed by atoms with van der Waals surface area (Å²) in [5.41, 5.74) is 2.34. The van der Waals surface area contributed by atoms with Gasteiger partial charge in [-0.1, -0.05) is 29.3 Å². The van der Waals surface area contributed by atoms with E-state index in [0.29, 0.717) is 28.3 Å². The predicted octanol–water partition coefficient (Wildman–Crippen LogP) is 4.21. The van der Waals surface area contributed by atoms with Crippen molar-refractivity contribution in [3.8, 4) is 0 Å². The van der Waals surface area contributed by atoms with E-state index in [-0.39, 0.29) is 5.91 Å². The van der Waals surface area contributed by atoms with E-state index < -0.39 is 0 Å². The van der Waals surface area contributed by atoms with Crippen LogP contribution in [0.15, 0.2) is 48.8 Å². The van der Waals surface area contributed by atoms with E-state index in [1.54, 1.807) is 18.2 Å². The van der Waals surface area contributed by atoms with Crippen molar-refractivity contribution in [1.29, 1.82) is 0 Å². The van der Waals surface area contributed by atoms with Gasteiger partial charge in [-0.2, -0.15) is 4.98 Å². The van der Waals surface area contributed by atoms with Crippen LogP contribution < -0.4 is 20.4 Å². The number of aromatic nitrogens is 3. The summed E-state index contributed by atoms with van der Waals surface area (Å²) >= 11 is 12.2. The Labute approximate surface area is 190 Å². The van der Waals surface area contributed by atoms with Gasteiger partial charge in [0.05, 0.1) is 10.7 Å². The Kier molecular flexibility index (Phi) is 6.39. The van der Waals surface area contributed by atoms with Crippen molar-refractivity contribution in [3.63, 3.8) is 0 Å². The van der Waals surface area contributed by atoms with E-state index in [9.17, 15) is 4.79 Å². The number of amides is 1. The first kappa shape index (κ1) is 21.1. The summed E-state index contributed by atoms with van der Waals surface area (Å²) in [4.78, 5) is 28.9. The first-order valence-electron chi connectivity index (χ1n) is 9.76. The second-order valence-corrected chi connectivity index (χ2v) is 7.91. The average Bonchev–Trinajstić information content (AvgIpc) is 2.76. The molecule has 160 valence electrons. The molecule has 1 aliphatic rings. The number of halogens is 2. The number of anilines is 5. The van der Waals surface area contributed by atoms with Gasteiger partial charge in [-0.15, -0.1) is 0 Å². The van der Waals surface area contributed by atoms with Crippen LogP contribution in [0.2, 0.25) is 10.0 Å². The van der Waals surface area contributed by atoms with Gasteiger partial charge >= 0.3 is 0 Å². The van der Waals surface area contributed by atoms with Gasteiger partial charge in [0.25, 0.3) is 0 Å². The summed E-state index contributed by atoms with van der Waals surface area (Å²) < 4.78 is 0. The molecule has 1 aliphatic heterocycles. The average molecular weight is 458 g/mol. The SMILES string of the molecule is CC(=O)Nc1cc(Nc2ncnc(N3CCN(c4cccc(Cl)c4)CC3)n2)ccc1Cl. The van der Waals surface area contributed by atoms with Crippen LogP contribution in [0, 0.1) is 0 Å². The second kappa shape index (κ2) is 9.36. The molecule has 2 heterocycles. The minimum Gasteiger partial charge on any atom is -0.368 e. The minimum atomic E-state index is -0.196. The number of benzene rings is 2. The molecular formula is C21H21Cl2N7O. The number of nitrogens with zero attached hydrogens (tertiary/aromatic N) is 5. The first-order chi connectivity index (χ1) is 15.0. The first-order valence-corrected chi connectivity index (χ1v) is 10.5. The molecule has 0 aliphatic carbocycles. The van der Waals surface area contributed by atoms with E-state index in [1.807, 2.05) is 18.2 Å². The summed E-state index contributed by atoms with van der Waals surface area (Å²) in [6.45, 7) is 4.67. The van der Waals surface area contributed by atoms with E-state index in [4.69, 9.17) is 23.2 Å². The molecule has 1 aromatic heterocycles. The van der Waals surface area contributed by atoms with Crippen molar-refractivity contribution in [3.05, 3.63) is 58.8 Å². The van der Waals surface area contributed by atoms with Crippen LogP contribution in [0.3, 0.4) is 0 Å². The Morgan fingerprint density at radius 3 is 2.52 bits per heavy atom. The lowest BCUT2D eigenvalue weighted by Crippen LogP contribution is -2.47. The van der Waals surface area contributed by atoms with Crippen LogP contribution in [0.5, 0.6) is 0 Å². The minimum absolute atomic E-state index is 0.196. The third-order valence-electron chi connectivity index (χ3n) is 4.83. The summed E-state index contributed by atoms with van der Waals surface area (Å²) in [5, 5.41) is 7.03. The normalized spacial score (nSPS) is 13.8. The summed E-state index contributed by atoms with van der Waals surface area (Å²) in [6.07, 6.45) is 1.48. The molecule has 2 aromatic carbocycles. The van der Waals surface area contributed by atoms with Crippen LogP contribution in [0.4, 0.5) is 29.0 Å². The van der Waals surface area contributed by atoms with Crippen molar-refractivity contribution < 1.29 is 4.79 Å². The summed E-state index contributed by atoms with van der Waals surface area (Å²) in [5.74, 6) is 0.830. The Morgan fingerprint density at radius 2 is 1.77 bits per heavy atom. The van der Waals surface area contributed by atoms with Crippen LogP contribution in [-0.4, -0.2) is 47.0 Å². The standard InChI is InChI=1S/C21H21Cl2N7O/c1-14(31)26-19-12-16(5-6-18(19)23)27-20-24-13-25-21(28-20)30-9-7-29(8-10-30)17-4-2-3-15(22)11-17/h2-6,11-13H,7-10H2,1H3,(H,26,31)(H,24,25,27,28). The largest absolute Gasteiger partial charge is 0.368 e. The highest BCUT2D eigenvalue weighted by Gasteiger charge is 2.20. The Bertz CT molecular complexity index is 1090. The fourth-order valence-electron chi connectivity index (χ4n) is 3.36. The number of carbonyl (C=O) groups is 1. The molecular weight excluding hydrogens is 437 g/mol. The zero-order chi connectivity index (χ0) is 21.8. The molecule has 1 saturated heterocycles. The molecule has 0 atom stereocenters. The Hall–Kier alpha value is -3.10. The van der Waals surface area contributed by atoms with Crippen molar-refractivity contribution in [1.82, 2.24) is 15.0 Å². The highest BCUT2D eigenvalue weighted by molar-refractivity contribution is 6.33. The van der Waals surface area contributed by atoms with Crippen molar-refractivity contribution in [2.75, 3.05) is 46.6 Å². The van der Waals surface area contributed by atoms with Crippen LogP contribution >= 0.6 is 23.2 Å². The Morgan fingerprint density at radius 1 is 1.00 bits per heavy atom.